The molecule has 0 aliphatic carbocycles. The number of thiophene rings is 1. The molecule has 2 rings (SSSR count). The first kappa shape index (κ1) is 25.7. The predicted molar refractivity (Wildman–Crippen MR) is 133 cm³/mol. The maximum absolute atomic E-state index is 12.2. The number of aliphatic imine (C=N–C) groups is 1. The number of carbonyl (C=O) groups is 1. The molecule has 0 radical (unpaired) electrons. The van der Waals surface area contributed by atoms with Gasteiger partial charge in [-0.3, -0.25) is 4.79 Å². The average molecular weight is 551 g/mol. The number of guanidine groups is 1. The highest BCUT2D eigenvalue weighted by Crippen LogP contribution is 2.24. The van der Waals surface area contributed by atoms with Crippen molar-refractivity contribution >= 4 is 64.5 Å². The Kier molecular flexibility index (Phi) is 10.9. The van der Waals surface area contributed by atoms with E-state index in [2.05, 4.69) is 20.9 Å². The highest BCUT2D eigenvalue weighted by Gasteiger charge is 2.23. The number of amides is 1. The highest BCUT2D eigenvalue weighted by molar-refractivity contribution is 14.0. The van der Waals surface area contributed by atoms with E-state index < -0.39 is 5.60 Å². The van der Waals surface area contributed by atoms with Gasteiger partial charge < -0.3 is 21.1 Å². The summed E-state index contributed by atoms with van der Waals surface area (Å²) in [6.45, 7) is 6.88. The Hall–Kier alpha value is -1.36. The number of halogens is 2. The molecule has 0 aliphatic rings. The molecule has 1 amide bonds. The Morgan fingerprint density at radius 1 is 1.31 bits per heavy atom. The summed E-state index contributed by atoms with van der Waals surface area (Å²) < 4.78 is 0. The summed E-state index contributed by atoms with van der Waals surface area (Å²) in [5.41, 5.74) is 1.36. The van der Waals surface area contributed by atoms with Gasteiger partial charge in [-0.25, -0.2) is 4.99 Å². The number of anilines is 1. The number of rotatable bonds is 8. The molecular formula is C20H28ClIN4O2S. The zero-order valence-electron chi connectivity index (χ0n) is 16.8. The van der Waals surface area contributed by atoms with Gasteiger partial charge in [-0.15, -0.1) is 24.0 Å². The second kappa shape index (κ2) is 12.4. The normalized spacial score (nSPS) is 13.2. The fraction of sp³-hybridized carbons (Fsp3) is 0.400. The number of hydrogen-bond donors (Lipinski definition) is 4. The number of carbonyl (C=O) groups excluding carboxylic acids is 1. The molecule has 0 saturated carbocycles. The zero-order valence-corrected chi connectivity index (χ0v) is 20.7. The van der Waals surface area contributed by atoms with Crippen molar-refractivity contribution in [2.75, 3.05) is 25.0 Å². The average Bonchev–Trinajstić information content (AvgIpc) is 3.19. The van der Waals surface area contributed by atoms with Crippen LogP contribution in [-0.4, -0.2) is 36.6 Å². The summed E-state index contributed by atoms with van der Waals surface area (Å²) in [6.07, 6.45) is 0.275. The van der Waals surface area contributed by atoms with E-state index in [0.717, 1.165) is 11.1 Å². The number of nitrogens with one attached hydrogen (secondary N) is 3. The van der Waals surface area contributed by atoms with E-state index in [-0.39, 0.29) is 42.8 Å². The van der Waals surface area contributed by atoms with E-state index in [4.69, 9.17) is 11.6 Å². The van der Waals surface area contributed by atoms with Crippen molar-refractivity contribution in [3.8, 4) is 0 Å². The predicted octanol–water partition coefficient (Wildman–Crippen LogP) is 4.12. The zero-order chi connectivity index (χ0) is 20.6. The fourth-order valence-electron chi connectivity index (χ4n) is 2.49. The van der Waals surface area contributed by atoms with Gasteiger partial charge in [0.05, 0.1) is 6.54 Å². The van der Waals surface area contributed by atoms with E-state index in [1.807, 2.05) is 36.7 Å². The van der Waals surface area contributed by atoms with Gasteiger partial charge in [0, 0.05) is 30.2 Å². The molecule has 6 nitrogen and oxygen atoms in total. The minimum Gasteiger partial charge on any atom is -0.383 e. The van der Waals surface area contributed by atoms with Gasteiger partial charge in [-0.05, 0) is 60.9 Å². The van der Waals surface area contributed by atoms with Gasteiger partial charge in [0.15, 0.2) is 5.96 Å². The third-order valence-electron chi connectivity index (χ3n) is 4.22. The van der Waals surface area contributed by atoms with Crippen LogP contribution in [0.5, 0.6) is 0 Å². The summed E-state index contributed by atoms with van der Waals surface area (Å²) in [6, 6.07) is 7.31. The molecule has 4 N–H and O–H groups in total. The highest BCUT2D eigenvalue weighted by atomic mass is 127. The van der Waals surface area contributed by atoms with Gasteiger partial charge in [0.25, 0.3) is 0 Å². The molecule has 2 aromatic rings. The second-order valence-corrected chi connectivity index (χ2v) is 7.81. The van der Waals surface area contributed by atoms with Crippen LogP contribution in [0, 0.1) is 6.92 Å². The molecule has 1 heterocycles. The molecule has 0 saturated heterocycles. The SMILES string of the molecule is CCNC(=NCC(C)(O)c1ccsc1)NCCC(=O)Nc1cccc(Cl)c1C.I. The Morgan fingerprint density at radius 3 is 2.72 bits per heavy atom. The van der Waals surface area contributed by atoms with Crippen molar-refractivity contribution in [3.63, 3.8) is 0 Å². The van der Waals surface area contributed by atoms with Crippen LogP contribution in [0.3, 0.4) is 0 Å². The molecule has 0 aliphatic heterocycles. The van der Waals surface area contributed by atoms with Crippen LogP contribution >= 0.6 is 46.9 Å². The molecule has 0 spiro atoms. The quantitative estimate of drug-likeness (QED) is 0.226. The molecule has 0 fully saturated rings. The minimum atomic E-state index is -1.04. The van der Waals surface area contributed by atoms with E-state index in [0.29, 0.717) is 29.8 Å². The third kappa shape index (κ3) is 8.12. The Balaban J connectivity index is 0.00000420. The molecule has 9 heteroatoms. The number of aliphatic hydroxyl groups is 1. The van der Waals surface area contributed by atoms with Crippen molar-refractivity contribution in [1.82, 2.24) is 10.6 Å². The van der Waals surface area contributed by atoms with Crippen LogP contribution < -0.4 is 16.0 Å². The van der Waals surface area contributed by atoms with Crippen LogP contribution in [0.2, 0.25) is 5.02 Å². The van der Waals surface area contributed by atoms with Gasteiger partial charge in [-0.1, -0.05) is 17.7 Å². The maximum atomic E-state index is 12.2. The second-order valence-electron chi connectivity index (χ2n) is 6.62. The standard InChI is InChI=1S/C20H27ClN4O2S.HI/c1-4-22-19(24-13-20(3,27)15-9-11-28-12-15)23-10-8-18(26)25-17-7-5-6-16(21)14(17)2;/h5-7,9,11-12,27H,4,8,10,13H2,1-3H3,(H,25,26)(H2,22,23,24);1H. The van der Waals surface area contributed by atoms with Crippen LogP contribution in [0.25, 0.3) is 0 Å². The number of nitrogens with zero attached hydrogens (tertiary/aromatic N) is 1. The largest absolute Gasteiger partial charge is 0.383 e. The smallest absolute Gasteiger partial charge is 0.226 e. The minimum absolute atomic E-state index is 0. The lowest BCUT2D eigenvalue weighted by molar-refractivity contribution is -0.116. The topological polar surface area (TPSA) is 85.8 Å². The summed E-state index contributed by atoms with van der Waals surface area (Å²) in [5.74, 6) is 0.448. The summed E-state index contributed by atoms with van der Waals surface area (Å²) in [5, 5.41) is 24.2. The Bertz CT molecular complexity index is 813. The molecule has 29 heavy (non-hydrogen) atoms. The maximum Gasteiger partial charge on any atom is 0.226 e. The number of hydrogen-bond acceptors (Lipinski definition) is 4. The van der Waals surface area contributed by atoms with Crippen LogP contribution in [0.15, 0.2) is 40.0 Å². The van der Waals surface area contributed by atoms with Crippen molar-refractivity contribution in [2.24, 2.45) is 4.99 Å². The van der Waals surface area contributed by atoms with Crippen molar-refractivity contribution < 1.29 is 9.90 Å². The van der Waals surface area contributed by atoms with E-state index >= 15 is 0 Å². The first-order chi connectivity index (χ1) is 13.3. The van der Waals surface area contributed by atoms with E-state index in [9.17, 15) is 9.90 Å². The first-order valence-electron chi connectivity index (χ1n) is 9.15. The molecular weight excluding hydrogens is 523 g/mol. The van der Waals surface area contributed by atoms with Crippen LogP contribution in [0.1, 0.15) is 31.4 Å². The molecule has 160 valence electrons. The van der Waals surface area contributed by atoms with E-state index in [1.165, 1.54) is 11.3 Å². The first-order valence-corrected chi connectivity index (χ1v) is 10.5. The lowest BCUT2D eigenvalue weighted by Gasteiger charge is -2.21. The van der Waals surface area contributed by atoms with Gasteiger partial charge in [0.2, 0.25) is 5.91 Å². The third-order valence-corrected chi connectivity index (χ3v) is 5.31. The van der Waals surface area contributed by atoms with Gasteiger partial charge in [-0.2, -0.15) is 11.3 Å². The van der Waals surface area contributed by atoms with Crippen molar-refractivity contribution in [3.05, 3.63) is 51.2 Å². The molecule has 0 bridgehead atoms. The van der Waals surface area contributed by atoms with Crippen molar-refractivity contribution in [1.29, 1.82) is 0 Å². The molecule has 1 unspecified atom stereocenters. The van der Waals surface area contributed by atoms with Crippen LogP contribution in [0.4, 0.5) is 5.69 Å². The monoisotopic (exact) mass is 550 g/mol. The summed E-state index contributed by atoms with van der Waals surface area (Å²) in [4.78, 5) is 16.6. The number of benzene rings is 1. The summed E-state index contributed by atoms with van der Waals surface area (Å²) in [7, 11) is 0. The van der Waals surface area contributed by atoms with Crippen molar-refractivity contribution in [2.45, 2.75) is 32.8 Å². The Morgan fingerprint density at radius 2 is 2.07 bits per heavy atom. The summed E-state index contributed by atoms with van der Waals surface area (Å²) >= 11 is 7.62. The molecule has 1 aromatic heterocycles. The van der Waals surface area contributed by atoms with Gasteiger partial charge >= 0.3 is 0 Å². The fourth-order valence-corrected chi connectivity index (χ4v) is 3.44. The lowest BCUT2D eigenvalue weighted by Crippen LogP contribution is -2.40. The molecule has 1 atom stereocenters. The van der Waals surface area contributed by atoms with Crippen LogP contribution in [-0.2, 0) is 10.4 Å². The van der Waals surface area contributed by atoms with E-state index in [1.54, 1.807) is 19.1 Å². The lowest BCUT2D eigenvalue weighted by atomic mass is 10.00. The Labute approximate surface area is 198 Å². The molecule has 1 aromatic carbocycles. The van der Waals surface area contributed by atoms with Gasteiger partial charge in [0.1, 0.15) is 5.60 Å².